The van der Waals surface area contributed by atoms with Crippen molar-refractivity contribution < 1.29 is 0 Å². The number of hydrogen-bond acceptors (Lipinski definition) is 3. The first-order chi connectivity index (χ1) is 14.7. The highest BCUT2D eigenvalue weighted by molar-refractivity contribution is 5.80. The zero-order valence-corrected chi connectivity index (χ0v) is 18.3. The van der Waals surface area contributed by atoms with Gasteiger partial charge in [0, 0.05) is 51.1 Å². The Labute approximate surface area is 181 Å². The molecule has 2 saturated heterocycles. The molecule has 2 heterocycles. The smallest absolute Gasteiger partial charge is 0.191 e. The molecule has 2 aliphatic rings. The van der Waals surface area contributed by atoms with E-state index in [1.165, 1.54) is 49.3 Å². The van der Waals surface area contributed by atoms with E-state index in [0.717, 1.165) is 25.6 Å². The molecule has 5 heteroatoms. The van der Waals surface area contributed by atoms with E-state index >= 15 is 0 Å². The molecule has 2 fully saturated rings. The summed E-state index contributed by atoms with van der Waals surface area (Å²) >= 11 is 0. The van der Waals surface area contributed by atoms with E-state index < -0.39 is 0 Å². The second kappa shape index (κ2) is 9.88. The van der Waals surface area contributed by atoms with Crippen molar-refractivity contribution in [1.29, 1.82) is 0 Å². The summed E-state index contributed by atoms with van der Waals surface area (Å²) < 4.78 is 0. The fourth-order valence-electron chi connectivity index (χ4n) is 4.56. The first kappa shape index (κ1) is 20.6. The Morgan fingerprint density at radius 2 is 1.77 bits per heavy atom. The van der Waals surface area contributed by atoms with Crippen LogP contribution in [-0.4, -0.2) is 45.7 Å². The Bertz CT molecular complexity index is 828. The maximum atomic E-state index is 4.46. The first-order valence-electron chi connectivity index (χ1n) is 11.3. The molecule has 2 aromatic rings. The lowest BCUT2D eigenvalue weighted by molar-refractivity contribution is 0.560. The number of aliphatic imine (C=N–C) groups is 1. The predicted molar refractivity (Wildman–Crippen MR) is 128 cm³/mol. The molecule has 2 atom stereocenters. The van der Waals surface area contributed by atoms with Gasteiger partial charge in [0.15, 0.2) is 5.96 Å². The molecule has 2 unspecified atom stereocenters. The molecular formula is C25H35N5. The van der Waals surface area contributed by atoms with Gasteiger partial charge >= 0.3 is 0 Å². The van der Waals surface area contributed by atoms with Gasteiger partial charge in [-0.15, -0.1) is 0 Å². The molecule has 0 radical (unpaired) electrons. The van der Waals surface area contributed by atoms with E-state index in [4.69, 9.17) is 0 Å². The van der Waals surface area contributed by atoms with E-state index in [0.29, 0.717) is 5.92 Å². The molecule has 0 bridgehead atoms. The van der Waals surface area contributed by atoms with E-state index in [1.807, 2.05) is 7.05 Å². The SMILES string of the molecule is CN=C(NCC1CCN(c2ccccc2)C1)NC(C)c1cccc(N2CCCC2)c1. The van der Waals surface area contributed by atoms with Crippen molar-refractivity contribution in [2.24, 2.45) is 10.9 Å². The Balaban J connectivity index is 1.28. The summed E-state index contributed by atoms with van der Waals surface area (Å²) in [6.07, 6.45) is 3.82. The quantitative estimate of drug-likeness (QED) is 0.562. The van der Waals surface area contributed by atoms with Crippen LogP contribution in [0.15, 0.2) is 59.6 Å². The lowest BCUT2D eigenvalue weighted by Gasteiger charge is -2.23. The van der Waals surface area contributed by atoms with Crippen molar-refractivity contribution in [3.8, 4) is 0 Å². The third kappa shape index (κ3) is 5.07. The molecule has 0 amide bonds. The molecule has 30 heavy (non-hydrogen) atoms. The van der Waals surface area contributed by atoms with Gasteiger partial charge in [-0.05, 0) is 61.9 Å². The second-order valence-electron chi connectivity index (χ2n) is 8.54. The summed E-state index contributed by atoms with van der Waals surface area (Å²) in [5, 5.41) is 7.13. The number of nitrogens with one attached hydrogen (secondary N) is 2. The van der Waals surface area contributed by atoms with Gasteiger partial charge in [0.1, 0.15) is 0 Å². The fraction of sp³-hybridized carbons (Fsp3) is 0.480. The number of rotatable bonds is 6. The maximum absolute atomic E-state index is 4.46. The Morgan fingerprint density at radius 3 is 2.53 bits per heavy atom. The minimum Gasteiger partial charge on any atom is -0.372 e. The van der Waals surface area contributed by atoms with E-state index in [9.17, 15) is 0 Å². The second-order valence-corrected chi connectivity index (χ2v) is 8.54. The highest BCUT2D eigenvalue weighted by Gasteiger charge is 2.23. The van der Waals surface area contributed by atoms with E-state index in [-0.39, 0.29) is 6.04 Å². The standard InChI is InChI=1S/C25H35N5/c1-20(22-9-8-12-24(17-22)29-14-6-7-15-29)28-25(26-2)27-18-21-13-16-30(19-21)23-10-4-3-5-11-23/h3-5,8-12,17,20-21H,6-7,13-16,18-19H2,1-2H3,(H2,26,27,28). The molecule has 2 N–H and O–H groups in total. The van der Waals surface area contributed by atoms with Gasteiger partial charge in [-0.2, -0.15) is 0 Å². The normalized spacial score (nSPS) is 20.5. The van der Waals surface area contributed by atoms with Crippen LogP contribution >= 0.6 is 0 Å². The average Bonchev–Trinajstić information content (AvgIpc) is 3.50. The molecule has 5 nitrogen and oxygen atoms in total. The van der Waals surface area contributed by atoms with Gasteiger partial charge in [-0.3, -0.25) is 4.99 Å². The summed E-state index contributed by atoms with van der Waals surface area (Å²) in [5.74, 6) is 1.52. The van der Waals surface area contributed by atoms with Crippen LogP contribution < -0.4 is 20.4 Å². The molecule has 160 valence electrons. The number of guanidine groups is 1. The zero-order valence-electron chi connectivity index (χ0n) is 18.3. The number of hydrogen-bond donors (Lipinski definition) is 2. The van der Waals surface area contributed by atoms with Crippen molar-refractivity contribution in [2.45, 2.75) is 32.2 Å². The van der Waals surface area contributed by atoms with Gasteiger partial charge < -0.3 is 20.4 Å². The monoisotopic (exact) mass is 405 g/mol. The molecule has 2 aliphatic heterocycles. The van der Waals surface area contributed by atoms with Crippen molar-refractivity contribution in [2.75, 3.05) is 49.6 Å². The van der Waals surface area contributed by atoms with Gasteiger partial charge in [0.25, 0.3) is 0 Å². The Kier molecular flexibility index (Phi) is 6.77. The molecular weight excluding hydrogens is 370 g/mol. The van der Waals surface area contributed by atoms with Crippen molar-refractivity contribution in [1.82, 2.24) is 10.6 Å². The van der Waals surface area contributed by atoms with Crippen molar-refractivity contribution in [3.63, 3.8) is 0 Å². The Morgan fingerprint density at radius 1 is 1.00 bits per heavy atom. The number of para-hydroxylation sites is 1. The minimum atomic E-state index is 0.211. The molecule has 0 aliphatic carbocycles. The van der Waals surface area contributed by atoms with Crippen molar-refractivity contribution >= 4 is 17.3 Å². The maximum Gasteiger partial charge on any atom is 0.191 e. The highest BCUT2D eigenvalue weighted by Crippen LogP contribution is 2.25. The van der Waals surface area contributed by atoms with Gasteiger partial charge in [0.05, 0.1) is 6.04 Å². The largest absolute Gasteiger partial charge is 0.372 e. The van der Waals surface area contributed by atoms with Crippen LogP contribution in [0.3, 0.4) is 0 Å². The van der Waals surface area contributed by atoms with Crippen LogP contribution in [0, 0.1) is 5.92 Å². The van der Waals surface area contributed by atoms with E-state index in [2.05, 4.69) is 86.9 Å². The number of anilines is 2. The van der Waals surface area contributed by atoms with Gasteiger partial charge in [-0.25, -0.2) is 0 Å². The van der Waals surface area contributed by atoms with Crippen LogP contribution in [0.5, 0.6) is 0 Å². The number of nitrogens with zero attached hydrogens (tertiary/aromatic N) is 3. The predicted octanol–water partition coefficient (Wildman–Crippen LogP) is 4.04. The molecule has 4 rings (SSSR count). The summed E-state index contributed by atoms with van der Waals surface area (Å²) in [4.78, 5) is 9.43. The first-order valence-corrected chi connectivity index (χ1v) is 11.3. The van der Waals surface area contributed by atoms with Crippen LogP contribution in [0.4, 0.5) is 11.4 Å². The highest BCUT2D eigenvalue weighted by atomic mass is 15.2. The number of benzene rings is 2. The molecule has 0 spiro atoms. The summed E-state index contributed by atoms with van der Waals surface area (Å²) in [6, 6.07) is 19.9. The zero-order chi connectivity index (χ0) is 20.8. The van der Waals surface area contributed by atoms with E-state index in [1.54, 1.807) is 0 Å². The van der Waals surface area contributed by atoms with Gasteiger partial charge in [0.2, 0.25) is 0 Å². The fourth-order valence-corrected chi connectivity index (χ4v) is 4.56. The minimum absolute atomic E-state index is 0.211. The summed E-state index contributed by atoms with van der Waals surface area (Å²) in [6.45, 7) is 7.74. The summed E-state index contributed by atoms with van der Waals surface area (Å²) in [5.41, 5.74) is 3.97. The molecule has 0 aromatic heterocycles. The Hall–Kier alpha value is -2.69. The topological polar surface area (TPSA) is 42.9 Å². The van der Waals surface area contributed by atoms with Crippen LogP contribution in [0.25, 0.3) is 0 Å². The van der Waals surface area contributed by atoms with Gasteiger partial charge in [-0.1, -0.05) is 30.3 Å². The molecule has 0 saturated carbocycles. The lowest BCUT2D eigenvalue weighted by atomic mass is 10.1. The average molecular weight is 406 g/mol. The van der Waals surface area contributed by atoms with Crippen LogP contribution in [0.1, 0.15) is 37.8 Å². The van der Waals surface area contributed by atoms with Crippen LogP contribution in [-0.2, 0) is 0 Å². The third-order valence-electron chi connectivity index (χ3n) is 6.38. The summed E-state index contributed by atoms with van der Waals surface area (Å²) in [7, 11) is 1.85. The molecule has 2 aromatic carbocycles. The van der Waals surface area contributed by atoms with Crippen molar-refractivity contribution in [3.05, 3.63) is 60.2 Å². The lowest BCUT2D eigenvalue weighted by Crippen LogP contribution is -2.41. The third-order valence-corrected chi connectivity index (χ3v) is 6.38. The van der Waals surface area contributed by atoms with Crippen LogP contribution in [0.2, 0.25) is 0 Å².